The standard InChI is InChI=1S/C28H33F3N8O/c1-38(2)17-24-23(34-36-35-24)14-26(40-20-10-7-11-32-15-20)22-13-19(28(29,30)31)12-21(25-16-33-37-39(25)3)27(22)18-8-5-4-6-9-18/h4-6,8-9,12-13,16,20,26,32H,7,10-11,14-15,17H2,1-3H3,(H,34,35,36). The molecule has 1 fully saturated rings. The lowest BCUT2D eigenvalue weighted by molar-refractivity contribution is -0.137. The molecule has 2 aromatic carbocycles. The molecule has 40 heavy (non-hydrogen) atoms. The first-order valence-corrected chi connectivity index (χ1v) is 13.3. The molecule has 2 aromatic heterocycles. The Hall–Kier alpha value is -3.61. The van der Waals surface area contributed by atoms with Crippen LogP contribution in [-0.4, -0.2) is 68.6 Å². The minimum atomic E-state index is -4.58. The third kappa shape index (κ3) is 6.24. The van der Waals surface area contributed by atoms with Crippen LogP contribution in [0.4, 0.5) is 13.2 Å². The SMILES string of the molecule is CN(C)Cc1n[nH]nc1CC(OC1CCCNC1)c1cc(C(F)(F)F)cc(-c2cnnn2C)c1-c1ccccc1. The third-order valence-electron chi connectivity index (χ3n) is 7.05. The molecule has 0 spiro atoms. The number of benzene rings is 2. The normalized spacial score (nSPS) is 16.9. The Labute approximate surface area is 230 Å². The summed E-state index contributed by atoms with van der Waals surface area (Å²) >= 11 is 0. The second-order valence-corrected chi connectivity index (χ2v) is 10.3. The number of rotatable bonds is 9. The number of piperidine rings is 1. The molecule has 1 aliphatic heterocycles. The Morgan fingerprint density at radius 3 is 2.55 bits per heavy atom. The van der Waals surface area contributed by atoms with Gasteiger partial charge in [-0.25, -0.2) is 4.68 Å². The molecular formula is C28H33F3N8O. The molecule has 4 aromatic rings. The highest BCUT2D eigenvalue weighted by molar-refractivity contribution is 5.85. The van der Waals surface area contributed by atoms with Gasteiger partial charge in [0.05, 0.1) is 41.1 Å². The van der Waals surface area contributed by atoms with Gasteiger partial charge >= 0.3 is 6.18 Å². The van der Waals surface area contributed by atoms with E-state index in [1.165, 1.54) is 23.0 Å². The lowest BCUT2D eigenvalue weighted by Crippen LogP contribution is -2.36. The number of alkyl halides is 3. The van der Waals surface area contributed by atoms with E-state index in [0.29, 0.717) is 41.2 Å². The highest BCUT2D eigenvalue weighted by atomic mass is 19.4. The van der Waals surface area contributed by atoms with E-state index in [4.69, 9.17) is 4.74 Å². The van der Waals surface area contributed by atoms with Crippen LogP contribution in [0.3, 0.4) is 0 Å². The van der Waals surface area contributed by atoms with E-state index in [0.717, 1.165) is 30.6 Å². The van der Waals surface area contributed by atoms with Crippen molar-refractivity contribution < 1.29 is 17.9 Å². The van der Waals surface area contributed by atoms with Crippen LogP contribution in [0.5, 0.6) is 0 Å². The van der Waals surface area contributed by atoms with Gasteiger partial charge in [-0.2, -0.15) is 28.6 Å². The van der Waals surface area contributed by atoms with Crippen LogP contribution in [0.25, 0.3) is 22.4 Å². The zero-order valence-corrected chi connectivity index (χ0v) is 22.7. The fourth-order valence-corrected chi connectivity index (χ4v) is 5.18. The molecule has 9 nitrogen and oxygen atoms in total. The zero-order valence-electron chi connectivity index (χ0n) is 22.7. The number of H-pyrrole nitrogens is 1. The number of aromatic amines is 1. The van der Waals surface area contributed by atoms with E-state index in [2.05, 4.69) is 31.0 Å². The summed E-state index contributed by atoms with van der Waals surface area (Å²) in [7, 11) is 5.52. The number of aromatic nitrogens is 6. The van der Waals surface area contributed by atoms with E-state index in [9.17, 15) is 13.2 Å². The minimum Gasteiger partial charge on any atom is -0.369 e. The summed E-state index contributed by atoms with van der Waals surface area (Å²) < 4.78 is 51.4. The van der Waals surface area contributed by atoms with Gasteiger partial charge in [0.15, 0.2) is 0 Å². The number of nitrogens with one attached hydrogen (secondary N) is 2. The maximum absolute atomic E-state index is 14.4. The van der Waals surface area contributed by atoms with Crippen molar-refractivity contribution in [2.24, 2.45) is 7.05 Å². The van der Waals surface area contributed by atoms with Crippen LogP contribution in [0, 0.1) is 0 Å². The Balaban J connectivity index is 1.73. The number of aryl methyl sites for hydroxylation is 1. The van der Waals surface area contributed by atoms with E-state index < -0.39 is 17.8 Å². The number of halogens is 3. The van der Waals surface area contributed by atoms with Gasteiger partial charge in [0.1, 0.15) is 0 Å². The van der Waals surface area contributed by atoms with Crippen LogP contribution in [-0.2, 0) is 30.9 Å². The zero-order chi connectivity index (χ0) is 28.3. The van der Waals surface area contributed by atoms with Gasteiger partial charge in [-0.1, -0.05) is 35.5 Å². The minimum absolute atomic E-state index is 0.164. The van der Waals surface area contributed by atoms with Crippen LogP contribution >= 0.6 is 0 Å². The molecular weight excluding hydrogens is 521 g/mol. The summed E-state index contributed by atoms with van der Waals surface area (Å²) in [5, 5.41) is 22.7. The fourth-order valence-electron chi connectivity index (χ4n) is 5.18. The highest BCUT2D eigenvalue weighted by Crippen LogP contribution is 2.44. The van der Waals surface area contributed by atoms with E-state index >= 15 is 0 Å². The molecule has 0 saturated carbocycles. The van der Waals surface area contributed by atoms with E-state index in [1.807, 2.05) is 49.3 Å². The van der Waals surface area contributed by atoms with Crippen molar-refractivity contribution in [3.05, 3.63) is 71.2 Å². The van der Waals surface area contributed by atoms with Crippen molar-refractivity contribution in [2.45, 2.75) is 44.2 Å². The van der Waals surface area contributed by atoms with Gasteiger partial charge in [0, 0.05) is 32.1 Å². The summed E-state index contributed by atoms with van der Waals surface area (Å²) in [6.45, 7) is 2.04. The second-order valence-electron chi connectivity index (χ2n) is 10.3. The number of hydrogen-bond acceptors (Lipinski definition) is 7. The summed E-state index contributed by atoms with van der Waals surface area (Å²) in [6, 6.07) is 11.8. The lowest BCUT2D eigenvalue weighted by Gasteiger charge is -2.31. The fraction of sp³-hybridized carbons (Fsp3) is 0.429. The van der Waals surface area contributed by atoms with Crippen LogP contribution < -0.4 is 5.32 Å². The molecule has 1 saturated heterocycles. The molecule has 0 radical (unpaired) electrons. The van der Waals surface area contributed by atoms with Crippen molar-refractivity contribution in [3.63, 3.8) is 0 Å². The van der Waals surface area contributed by atoms with Gasteiger partial charge in [0.25, 0.3) is 0 Å². The summed E-state index contributed by atoms with van der Waals surface area (Å²) in [5.74, 6) is 0. The predicted octanol–water partition coefficient (Wildman–Crippen LogP) is 4.40. The molecule has 1 aliphatic rings. The molecule has 2 atom stereocenters. The smallest absolute Gasteiger partial charge is 0.369 e. The first-order valence-electron chi connectivity index (χ1n) is 13.3. The first-order chi connectivity index (χ1) is 19.2. The molecule has 0 bridgehead atoms. The van der Waals surface area contributed by atoms with Crippen molar-refractivity contribution in [1.82, 2.24) is 40.6 Å². The molecule has 2 unspecified atom stereocenters. The van der Waals surface area contributed by atoms with Gasteiger partial charge in [-0.05, 0) is 62.3 Å². The molecule has 2 N–H and O–H groups in total. The van der Waals surface area contributed by atoms with E-state index in [1.54, 1.807) is 7.05 Å². The highest BCUT2D eigenvalue weighted by Gasteiger charge is 2.35. The number of ether oxygens (including phenoxy) is 1. The lowest BCUT2D eigenvalue weighted by atomic mass is 9.86. The van der Waals surface area contributed by atoms with Crippen LogP contribution in [0.2, 0.25) is 0 Å². The largest absolute Gasteiger partial charge is 0.416 e. The third-order valence-corrected chi connectivity index (χ3v) is 7.05. The monoisotopic (exact) mass is 554 g/mol. The molecule has 12 heteroatoms. The maximum Gasteiger partial charge on any atom is 0.416 e. The Morgan fingerprint density at radius 2 is 1.90 bits per heavy atom. The summed E-state index contributed by atoms with van der Waals surface area (Å²) in [5.41, 5.74) is 3.32. The number of nitrogens with zero attached hydrogens (tertiary/aromatic N) is 6. The summed E-state index contributed by atoms with van der Waals surface area (Å²) in [6.07, 6.45) is -2.00. The topological polar surface area (TPSA) is 96.8 Å². The maximum atomic E-state index is 14.4. The Morgan fingerprint density at radius 1 is 1.12 bits per heavy atom. The average Bonchev–Trinajstić information content (AvgIpc) is 3.56. The van der Waals surface area contributed by atoms with Crippen molar-refractivity contribution in [2.75, 3.05) is 27.2 Å². The Bertz CT molecular complexity index is 1410. The molecule has 0 amide bonds. The predicted molar refractivity (Wildman–Crippen MR) is 144 cm³/mol. The van der Waals surface area contributed by atoms with Crippen molar-refractivity contribution >= 4 is 0 Å². The van der Waals surface area contributed by atoms with Gasteiger partial charge in [-0.3, -0.25) is 0 Å². The average molecular weight is 555 g/mol. The van der Waals surface area contributed by atoms with E-state index in [-0.39, 0.29) is 12.5 Å². The molecule has 5 rings (SSSR count). The van der Waals surface area contributed by atoms with Gasteiger partial charge in [-0.15, -0.1) is 5.10 Å². The van der Waals surface area contributed by atoms with Crippen LogP contribution in [0.1, 0.15) is 41.5 Å². The van der Waals surface area contributed by atoms with Crippen LogP contribution in [0.15, 0.2) is 48.7 Å². The van der Waals surface area contributed by atoms with Gasteiger partial charge < -0.3 is 15.0 Å². The molecule has 3 heterocycles. The quantitative estimate of drug-likeness (QED) is 0.317. The first kappa shape index (κ1) is 27.9. The Kier molecular flexibility index (Phi) is 8.29. The molecule has 0 aliphatic carbocycles. The van der Waals surface area contributed by atoms with Crippen molar-refractivity contribution in [1.29, 1.82) is 0 Å². The van der Waals surface area contributed by atoms with Gasteiger partial charge in [0.2, 0.25) is 0 Å². The second kappa shape index (κ2) is 11.9. The number of hydrogen-bond donors (Lipinski definition) is 2. The van der Waals surface area contributed by atoms with Crippen molar-refractivity contribution in [3.8, 4) is 22.4 Å². The molecule has 212 valence electrons. The summed E-state index contributed by atoms with van der Waals surface area (Å²) in [4.78, 5) is 1.97.